The predicted octanol–water partition coefficient (Wildman–Crippen LogP) is 1.10. The van der Waals surface area contributed by atoms with Crippen molar-refractivity contribution in [2.45, 2.75) is 6.54 Å². The third-order valence-electron chi connectivity index (χ3n) is 2.23. The molecule has 0 saturated carbocycles. The van der Waals surface area contributed by atoms with E-state index in [2.05, 4.69) is 40.0 Å². The first kappa shape index (κ1) is 12.3. The Morgan fingerprint density at radius 1 is 1.44 bits per heavy atom. The molecule has 0 unspecified atom stereocenters. The summed E-state index contributed by atoms with van der Waals surface area (Å²) in [5.74, 6) is 0. The third kappa shape index (κ3) is 3.67. The van der Waals surface area contributed by atoms with E-state index in [9.17, 15) is 0 Å². The van der Waals surface area contributed by atoms with Crippen LogP contribution in [0.25, 0.3) is 0 Å². The Bertz CT molecular complexity index is 547. The van der Waals surface area contributed by atoms with Gasteiger partial charge in [0.1, 0.15) is 0 Å². The average molecular weight is 259 g/mol. The van der Waals surface area contributed by atoms with E-state index < -0.39 is 0 Å². The second kappa shape index (κ2) is 5.92. The molecule has 0 aliphatic heterocycles. The second-order valence-corrected chi connectivity index (χ2v) is 4.13. The molecule has 0 saturated heterocycles. The molecule has 0 spiro atoms. The molecular weight excluding hydrogens is 246 g/mol. The average Bonchev–Trinajstić information content (AvgIpc) is 2.78. The van der Waals surface area contributed by atoms with Gasteiger partial charge in [0.2, 0.25) is 0 Å². The maximum Gasteiger partial charge on any atom is 0.184 e. The monoisotopic (exact) mass is 259 g/mol. The summed E-state index contributed by atoms with van der Waals surface area (Å²) in [4.78, 5) is 0. The summed E-state index contributed by atoms with van der Waals surface area (Å²) in [6.45, 7) is 0.734. The number of nitrogens with two attached hydrogens (primary N) is 1. The SMILES string of the molecule is NC(=S)N/N=C/c1cnn(Cc2ccccc2)c1. The van der Waals surface area contributed by atoms with Crippen molar-refractivity contribution in [2.75, 3.05) is 0 Å². The van der Waals surface area contributed by atoms with Crippen LogP contribution in [0.3, 0.4) is 0 Å². The quantitative estimate of drug-likeness (QED) is 0.490. The number of benzene rings is 1. The highest BCUT2D eigenvalue weighted by atomic mass is 32.1. The lowest BCUT2D eigenvalue weighted by molar-refractivity contribution is 0.687. The van der Waals surface area contributed by atoms with Crippen LogP contribution in [0.4, 0.5) is 0 Å². The number of aromatic nitrogens is 2. The van der Waals surface area contributed by atoms with Crippen LogP contribution >= 0.6 is 12.2 Å². The highest BCUT2D eigenvalue weighted by Crippen LogP contribution is 2.02. The molecule has 2 rings (SSSR count). The largest absolute Gasteiger partial charge is 0.375 e. The van der Waals surface area contributed by atoms with E-state index in [1.165, 1.54) is 5.56 Å². The van der Waals surface area contributed by atoms with Gasteiger partial charge in [-0.1, -0.05) is 30.3 Å². The Hall–Kier alpha value is -2.21. The lowest BCUT2D eigenvalue weighted by Crippen LogP contribution is -2.23. The molecule has 3 N–H and O–H groups in total. The topological polar surface area (TPSA) is 68.2 Å². The minimum absolute atomic E-state index is 0.142. The molecule has 1 aromatic carbocycles. The van der Waals surface area contributed by atoms with Gasteiger partial charge in [-0.05, 0) is 17.8 Å². The molecule has 0 aliphatic rings. The normalized spacial score (nSPS) is 10.7. The van der Waals surface area contributed by atoms with E-state index >= 15 is 0 Å². The Morgan fingerprint density at radius 2 is 2.22 bits per heavy atom. The van der Waals surface area contributed by atoms with Gasteiger partial charge in [-0.25, -0.2) is 0 Å². The van der Waals surface area contributed by atoms with Gasteiger partial charge in [-0.2, -0.15) is 10.2 Å². The van der Waals surface area contributed by atoms with Gasteiger partial charge in [0.25, 0.3) is 0 Å². The fourth-order valence-corrected chi connectivity index (χ4v) is 1.53. The Labute approximate surface area is 110 Å². The summed E-state index contributed by atoms with van der Waals surface area (Å²) in [5, 5.41) is 8.25. The van der Waals surface area contributed by atoms with Crippen LogP contribution in [-0.4, -0.2) is 21.1 Å². The van der Waals surface area contributed by atoms with Crippen molar-refractivity contribution < 1.29 is 0 Å². The smallest absolute Gasteiger partial charge is 0.184 e. The van der Waals surface area contributed by atoms with E-state index in [4.69, 9.17) is 5.73 Å². The first-order chi connectivity index (χ1) is 8.74. The van der Waals surface area contributed by atoms with Crippen molar-refractivity contribution in [3.8, 4) is 0 Å². The molecule has 1 heterocycles. The molecule has 0 bridgehead atoms. The number of hydrazone groups is 1. The summed E-state index contributed by atoms with van der Waals surface area (Å²) in [6.07, 6.45) is 5.25. The highest BCUT2D eigenvalue weighted by Gasteiger charge is 1.97. The van der Waals surface area contributed by atoms with Crippen molar-refractivity contribution in [3.05, 3.63) is 53.9 Å². The van der Waals surface area contributed by atoms with Crippen molar-refractivity contribution in [3.63, 3.8) is 0 Å². The number of hydrogen-bond donors (Lipinski definition) is 2. The van der Waals surface area contributed by atoms with Crippen molar-refractivity contribution >= 4 is 23.5 Å². The third-order valence-corrected chi connectivity index (χ3v) is 2.32. The first-order valence-corrected chi connectivity index (χ1v) is 5.80. The summed E-state index contributed by atoms with van der Waals surface area (Å²) in [6, 6.07) is 10.1. The van der Waals surface area contributed by atoms with Crippen LogP contribution in [0.5, 0.6) is 0 Å². The number of nitrogens with one attached hydrogen (secondary N) is 1. The molecule has 1 aromatic heterocycles. The van der Waals surface area contributed by atoms with Gasteiger partial charge in [0.05, 0.1) is 19.0 Å². The summed E-state index contributed by atoms with van der Waals surface area (Å²) < 4.78 is 1.84. The number of nitrogens with zero attached hydrogens (tertiary/aromatic N) is 3. The molecule has 0 amide bonds. The number of thiocarbonyl (C=S) groups is 1. The Kier molecular flexibility index (Phi) is 4.03. The maximum atomic E-state index is 5.25. The molecule has 2 aromatic rings. The van der Waals surface area contributed by atoms with Gasteiger partial charge in [-0.15, -0.1) is 0 Å². The van der Waals surface area contributed by atoms with E-state index in [0.29, 0.717) is 0 Å². The summed E-state index contributed by atoms with van der Waals surface area (Å²) in [5.41, 5.74) is 9.83. The lowest BCUT2D eigenvalue weighted by atomic mass is 10.2. The fraction of sp³-hybridized carbons (Fsp3) is 0.0833. The van der Waals surface area contributed by atoms with Crippen LogP contribution in [0, 0.1) is 0 Å². The second-order valence-electron chi connectivity index (χ2n) is 3.69. The maximum absolute atomic E-state index is 5.25. The molecular formula is C12H13N5S. The number of hydrogen-bond acceptors (Lipinski definition) is 3. The van der Waals surface area contributed by atoms with Crippen LogP contribution in [-0.2, 0) is 6.54 Å². The zero-order chi connectivity index (χ0) is 12.8. The van der Waals surface area contributed by atoms with Gasteiger partial charge >= 0.3 is 0 Å². The summed E-state index contributed by atoms with van der Waals surface area (Å²) in [7, 11) is 0. The molecule has 5 nitrogen and oxygen atoms in total. The van der Waals surface area contributed by atoms with Gasteiger partial charge < -0.3 is 5.73 Å². The van der Waals surface area contributed by atoms with Gasteiger partial charge in [0.15, 0.2) is 5.11 Å². The predicted molar refractivity (Wildman–Crippen MR) is 75.3 cm³/mol. The number of rotatable bonds is 4. The zero-order valence-electron chi connectivity index (χ0n) is 9.65. The van der Waals surface area contributed by atoms with Crippen molar-refractivity contribution in [1.29, 1.82) is 0 Å². The van der Waals surface area contributed by atoms with E-state index in [0.717, 1.165) is 12.1 Å². The molecule has 0 aliphatic carbocycles. The summed E-state index contributed by atoms with van der Waals surface area (Å²) >= 11 is 4.63. The standard InChI is InChI=1S/C12H13N5S/c13-12(18)16-14-6-11-7-15-17(9-11)8-10-4-2-1-3-5-10/h1-7,9H,8H2,(H3,13,16,18)/b14-6+. The Balaban J connectivity index is 1.98. The molecule has 92 valence electrons. The molecule has 0 radical (unpaired) electrons. The minimum atomic E-state index is 0.142. The van der Waals surface area contributed by atoms with E-state index in [1.807, 2.05) is 29.1 Å². The van der Waals surface area contributed by atoms with E-state index in [-0.39, 0.29) is 5.11 Å². The molecule has 0 fully saturated rings. The van der Waals surface area contributed by atoms with Crippen LogP contribution in [0.2, 0.25) is 0 Å². The lowest BCUT2D eigenvalue weighted by Gasteiger charge is -2.00. The fourth-order valence-electron chi connectivity index (χ4n) is 1.47. The van der Waals surface area contributed by atoms with Crippen molar-refractivity contribution in [2.24, 2.45) is 10.8 Å². The van der Waals surface area contributed by atoms with Crippen LogP contribution in [0.15, 0.2) is 47.8 Å². The Morgan fingerprint density at radius 3 is 2.94 bits per heavy atom. The zero-order valence-corrected chi connectivity index (χ0v) is 10.5. The van der Waals surface area contributed by atoms with Crippen LogP contribution in [0.1, 0.15) is 11.1 Å². The van der Waals surface area contributed by atoms with Crippen molar-refractivity contribution in [1.82, 2.24) is 15.2 Å². The molecule has 0 atom stereocenters. The molecule has 6 heteroatoms. The highest BCUT2D eigenvalue weighted by molar-refractivity contribution is 7.80. The minimum Gasteiger partial charge on any atom is -0.375 e. The van der Waals surface area contributed by atoms with Crippen LogP contribution < -0.4 is 11.2 Å². The first-order valence-electron chi connectivity index (χ1n) is 5.39. The van der Waals surface area contributed by atoms with Gasteiger partial charge in [-0.3, -0.25) is 10.1 Å². The molecule has 18 heavy (non-hydrogen) atoms. The van der Waals surface area contributed by atoms with E-state index in [1.54, 1.807) is 12.4 Å². The van der Waals surface area contributed by atoms with Gasteiger partial charge in [0, 0.05) is 11.8 Å².